The van der Waals surface area contributed by atoms with Crippen molar-refractivity contribution in [3.05, 3.63) is 43.4 Å². The van der Waals surface area contributed by atoms with E-state index in [-0.39, 0.29) is 12.1 Å². The minimum absolute atomic E-state index is 0.0120. The van der Waals surface area contributed by atoms with Crippen LogP contribution in [0.5, 0.6) is 0 Å². The minimum Gasteiger partial charge on any atom is -0.360 e. The van der Waals surface area contributed by atoms with E-state index in [4.69, 9.17) is 11.6 Å². The van der Waals surface area contributed by atoms with Crippen molar-refractivity contribution >= 4 is 46.0 Å². The van der Waals surface area contributed by atoms with Crippen molar-refractivity contribution in [2.24, 2.45) is 0 Å². The van der Waals surface area contributed by atoms with E-state index >= 15 is 0 Å². The first kappa shape index (κ1) is 18.0. The third-order valence-corrected chi connectivity index (χ3v) is 5.93. The van der Waals surface area contributed by atoms with Crippen LogP contribution < -0.4 is 10.6 Å². The number of halogens is 1. The summed E-state index contributed by atoms with van der Waals surface area (Å²) in [5.41, 5.74) is 0. The Balaban J connectivity index is 1.73. The lowest BCUT2D eigenvalue weighted by Crippen LogP contribution is -2.12. The van der Waals surface area contributed by atoms with Gasteiger partial charge < -0.3 is 10.6 Å². The van der Waals surface area contributed by atoms with E-state index in [2.05, 4.69) is 30.6 Å². The number of hydrogen-bond donors (Lipinski definition) is 2. The van der Waals surface area contributed by atoms with E-state index in [0.29, 0.717) is 16.8 Å². The molecule has 3 aromatic rings. The number of thiazole rings is 2. The first-order valence-electron chi connectivity index (χ1n) is 7.82. The van der Waals surface area contributed by atoms with Crippen molar-refractivity contribution in [1.29, 1.82) is 0 Å². The maximum atomic E-state index is 6.25. The van der Waals surface area contributed by atoms with Gasteiger partial charge in [0.1, 0.15) is 15.0 Å². The van der Waals surface area contributed by atoms with E-state index in [1.54, 1.807) is 28.9 Å². The zero-order valence-corrected chi connectivity index (χ0v) is 16.8. The van der Waals surface area contributed by atoms with Crippen LogP contribution in [0.25, 0.3) is 0 Å². The number of hydrogen-bond acceptors (Lipinski definition) is 8. The van der Waals surface area contributed by atoms with Gasteiger partial charge in [-0.25, -0.2) is 15.0 Å². The quantitative estimate of drug-likeness (QED) is 0.612. The summed E-state index contributed by atoms with van der Waals surface area (Å²) < 4.78 is 0. The standard InChI is InChI=1S/C16H19ClN6S2/c1-8-5-18-14(24-8)10(3)21-13-12(17)7-20-16(23-13)22-11(4)15-19-6-9(2)25-15/h5-7,10-11H,1-4H3,(H2,20,21,22,23)/t10-,11+/m1/s1. The highest BCUT2D eigenvalue weighted by molar-refractivity contribution is 7.11. The first-order chi connectivity index (χ1) is 11.9. The molecular formula is C16H19ClN6S2. The number of nitrogens with one attached hydrogen (secondary N) is 2. The lowest BCUT2D eigenvalue weighted by atomic mass is 10.3. The van der Waals surface area contributed by atoms with Crippen molar-refractivity contribution in [2.45, 2.75) is 39.8 Å². The van der Waals surface area contributed by atoms with Crippen molar-refractivity contribution in [3.63, 3.8) is 0 Å². The third kappa shape index (κ3) is 4.45. The summed E-state index contributed by atoms with van der Waals surface area (Å²) in [6, 6.07) is 0.0322. The zero-order valence-electron chi connectivity index (χ0n) is 14.4. The van der Waals surface area contributed by atoms with E-state index in [0.717, 1.165) is 10.0 Å². The van der Waals surface area contributed by atoms with Gasteiger partial charge in [0.25, 0.3) is 0 Å². The summed E-state index contributed by atoms with van der Waals surface area (Å²) in [4.78, 5) is 19.9. The van der Waals surface area contributed by atoms with Crippen LogP contribution in [0.1, 0.15) is 45.7 Å². The second kappa shape index (κ2) is 7.63. The van der Waals surface area contributed by atoms with Gasteiger partial charge in [-0.15, -0.1) is 22.7 Å². The predicted molar refractivity (Wildman–Crippen MR) is 105 cm³/mol. The molecule has 0 saturated carbocycles. The second-order valence-corrected chi connectivity index (χ2v) is 8.68. The fourth-order valence-corrected chi connectivity index (χ4v) is 3.90. The predicted octanol–water partition coefficient (Wildman–Crippen LogP) is 5.01. The molecule has 3 rings (SSSR count). The number of rotatable bonds is 6. The van der Waals surface area contributed by atoms with E-state index in [1.807, 2.05) is 40.1 Å². The Morgan fingerprint density at radius 2 is 1.44 bits per heavy atom. The van der Waals surface area contributed by atoms with Crippen LogP contribution in [0.4, 0.5) is 11.8 Å². The molecule has 0 spiro atoms. The van der Waals surface area contributed by atoms with E-state index in [9.17, 15) is 0 Å². The number of aryl methyl sites for hydroxylation is 2. The van der Waals surface area contributed by atoms with Gasteiger partial charge in [-0.1, -0.05) is 11.6 Å². The molecule has 0 unspecified atom stereocenters. The van der Waals surface area contributed by atoms with Crippen LogP contribution in [0.15, 0.2) is 18.6 Å². The lowest BCUT2D eigenvalue weighted by molar-refractivity contribution is 0.836. The lowest BCUT2D eigenvalue weighted by Gasteiger charge is -2.15. The fourth-order valence-electron chi connectivity index (χ4n) is 2.20. The normalized spacial score (nSPS) is 13.5. The van der Waals surface area contributed by atoms with Crippen LogP contribution in [0, 0.1) is 13.8 Å². The molecule has 2 N–H and O–H groups in total. The highest BCUT2D eigenvalue weighted by atomic mass is 35.5. The molecule has 0 aliphatic heterocycles. The molecular weight excluding hydrogens is 376 g/mol. The van der Waals surface area contributed by atoms with Gasteiger partial charge in [0, 0.05) is 22.1 Å². The summed E-state index contributed by atoms with van der Waals surface area (Å²) in [6.07, 6.45) is 5.33. The molecule has 6 nitrogen and oxygen atoms in total. The Bertz CT molecular complexity index is 862. The van der Waals surface area contributed by atoms with Crippen LogP contribution in [0.3, 0.4) is 0 Å². The summed E-state index contributed by atoms with van der Waals surface area (Å²) in [7, 11) is 0. The van der Waals surface area contributed by atoms with Crippen LogP contribution >= 0.6 is 34.3 Å². The molecule has 25 heavy (non-hydrogen) atoms. The highest BCUT2D eigenvalue weighted by Crippen LogP contribution is 2.28. The molecule has 0 saturated heterocycles. The first-order valence-corrected chi connectivity index (χ1v) is 9.83. The van der Waals surface area contributed by atoms with Crippen molar-refractivity contribution in [3.8, 4) is 0 Å². The maximum absolute atomic E-state index is 6.25. The largest absolute Gasteiger partial charge is 0.360 e. The van der Waals surface area contributed by atoms with Gasteiger partial charge in [0.15, 0.2) is 5.82 Å². The Kier molecular flexibility index (Phi) is 5.51. The molecule has 2 atom stereocenters. The maximum Gasteiger partial charge on any atom is 0.225 e. The van der Waals surface area contributed by atoms with Gasteiger partial charge >= 0.3 is 0 Å². The molecule has 0 bridgehead atoms. The molecule has 0 aliphatic rings. The molecule has 9 heteroatoms. The van der Waals surface area contributed by atoms with Gasteiger partial charge in [0.2, 0.25) is 5.95 Å². The highest BCUT2D eigenvalue weighted by Gasteiger charge is 2.15. The summed E-state index contributed by atoms with van der Waals surface area (Å²) in [5.74, 6) is 1.09. The number of anilines is 2. The van der Waals surface area contributed by atoms with Gasteiger partial charge in [-0.05, 0) is 27.7 Å². The molecule has 0 aliphatic carbocycles. The zero-order chi connectivity index (χ0) is 18.0. The average molecular weight is 395 g/mol. The molecule has 0 aromatic carbocycles. The number of nitrogens with zero attached hydrogens (tertiary/aromatic N) is 4. The topological polar surface area (TPSA) is 75.6 Å². The summed E-state index contributed by atoms with van der Waals surface area (Å²) >= 11 is 9.55. The van der Waals surface area contributed by atoms with Crippen molar-refractivity contribution in [1.82, 2.24) is 19.9 Å². The molecule has 132 valence electrons. The Labute approximate surface area is 159 Å². The molecule has 0 fully saturated rings. The van der Waals surface area contributed by atoms with Gasteiger partial charge in [-0.3, -0.25) is 0 Å². The smallest absolute Gasteiger partial charge is 0.225 e. The van der Waals surface area contributed by atoms with Crippen molar-refractivity contribution in [2.75, 3.05) is 10.6 Å². The molecule has 0 radical (unpaired) electrons. The Morgan fingerprint density at radius 3 is 1.96 bits per heavy atom. The number of aromatic nitrogens is 4. The Morgan fingerprint density at radius 1 is 0.880 bits per heavy atom. The average Bonchev–Trinajstić information content (AvgIpc) is 3.19. The minimum atomic E-state index is 0.0120. The molecule has 3 heterocycles. The Hall–Kier alpha value is -1.77. The summed E-state index contributed by atoms with van der Waals surface area (Å²) in [5, 5.41) is 9.05. The SMILES string of the molecule is Cc1cnc([C@H](C)Nc2ncc(Cl)c(N[C@H](C)c3ncc(C)s3)n2)s1. The molecule has 3 aromatic heterocycles. The van der Waals surface area contributed by atoms with Gasteiger partial charge in [0.05, 0.1) is 18.3 Å². The summed E-state index contributed by atoms with van der Waals surface area (Å²) in [6.45, 7) is 8.14. The van der Waals surface area contributed by atoms with Crippen molar-refractivity contribution < 1.29 is 0 Å². The van der Waals surface area contributed by atoms with E-state index in [1.165, 1.54) is 9.75 Å². The van der Waals surface area contributed by atoms with Crippen LogP contribution in [-0.4, -0.2) is 19.9 Å². The van der Waals surface area contributed by atoms with Crippen LogP contribution in [-0.2, 0) is 0 Å². The molecule has 0 amide bonds. The third-order valence-electron chi connectivity index (χ3n) is 3.46. The second-order valence-electron chi connectivity index (χ2n) is 5.74. The monoisotopic (exact) mass is 394 g/mol. The van der Waals surface area contributed by atoms with Gasteiger partial charge in [-0.2, -0.15) is 4.98 Å². The fraction of sp³-hybridized carbons (Fsp3) is 0.375. The van der Waals surface area contributed by atoms with E-state index < -0.39 is 0 Å². The van der Waals surface area contributed by atoms with Crippen LogP contribution in [0.2, 0.25) is 5.02 Å².